The molecular formula is C13H15IN4O. The number of benzene rings is 1. The second kappa shape index (κ2) is 6.05. The van der Waals surface area contributed by atoms with Gasteiger partial charge in [0.05, 0.1) is 6.10 Å². The summed E-state index contributed by atoms with van der Waals surface area (Å²) in [5, 5.41) is 3.15. The van der Waals surface area contributed by atoms with E-state index in [2.05, 4.69) is 37.9 Å². The van der Waals surface area contributed by atoms with E-state index in [9.17, 15) is 0 Å². The standard InChI is InChI=1S/C13H15IN4O/c1-8(2)19-13-11(15)12(16-7-17-13)18-10-5-3-9(14)4-6-10/h3-8H,15H2,1-2H3,(H,16,17,18). The van der Waals surface area contributed by atoms with Gasteiger partial charge in [0.1, 0.15) is 12.0 Å². The van der Waals surface area contributed by atoms with Crippen molar-refractivity contribution in [2.24, 2.45) is 0 Å². The van der Waals surface area contributed by atoms with Crippen molar-refractivity contribution in [2.45, 2.75) is 20.0 Å². The Morgan fingerprint density at radius 3 is 2.53 bits per heavy atom. The fourth-order valence-electron chi connectivity index (χ4n) is 1.47. The Hall–Kier alpha value is -1.57. The van der Waals surface area contributed by atoms with E-state index in [4.69, 9.17) is 10.5 Å². The third kappa shape index (κ3) is 3.69. The van der Waals surface area contributed by atoms with E-state index in [1.807, 2.05) is 38.1 Å². The molecule has 0 amide bonds. The summed E-state index contributed by atoms with van der Waals surface area (Å²) in [7, 11) is 0. The maximum absolute atomic E-state index is 6.00. The van der Waals surface area contributed by atoms with Crippen LogP contribution in [-0.2, 0) is 0 Å². The molecule has 0 spiro atoms. The van der Waals surface area contributed by atoms with Crippen LogP contribution in [0.5, 0.6) is 5.88 Å². The minimum Gasteiger partial charge on any atom is -0.473 e. The summed E-state index contributed by atoms with van der Waals surface area (Å²) in [5.74, 6) is 0.949. The van der Waals surface area contributed by atoms with E-state index < -0.39 is 0 Å². The Labute approximate surface area is 125 Å². The second-order valence-electron chi connectivity index (χ2n) is 4.24. The van der Waals surface area contributed by atoms with Gasteiger partial charge >= 0.3 is 0 Å². The zero-order valence-electron chi connectivity index (χ0n) is 10.7. The summed E-state index contributed by atoms with van der Waals surface area (Å²) in [4.78, 5) is 8.17. The number of hydrogen-bond donors (Lipinski definition) is 2. The van der Waals surface area contributed by atoms with E-state index >= 15 is 0 Å². The van der Waals surface area contributed by atoms with Crippen LogP contribution in [0, 0.1) is 3.57 Å². The Morgan fingerprint density at radius 2 is 1.89 bits per heavy atom. The summed E-state index contributed by atoms with van der Waals surface area (Å²) < 4.78 is 6.69. The van der Waals surface area contributed by atoms with Gasteiger partial charge in [-0.25, -0.2) is 4.98 Å². The van der Waals surface area contributed by atoms with Crippen LogP contribution in [0.25, 0.3) is 0 Å². The molecule has 2 aromatic rings. The number of anilines is 3. The zero-order chi connectivity index (χ0) is 13.8. The molecule has 1 aromatic carbocycles. The molecule has 100 valence electrons. The Morgan fingerprint density at radius 1 is 1.21 bits per heavy atom. The number of hydrogen-bond acceptors (Lipinski definition) is 5. The highest BCUT2D eigenvalue weighted by Gasteiger charge is 2.10. The van der Waals surface area contributed by atoms with Gasteiger partial charge in [0.25, 0.3) is 0 Å². The molecular weight excluding hydrogens is 355 g/mol. The predicted octanol–water partition coefficient (Wildman–Crippen LogP) is 3.19. The molecule has 5 nitrogen and oxygen atoms in total. The van der Waals surface area contributed by atoms with Crippen LogP contribution in [0.3, 0.4) is 0 Å². The predicted molar refractivity (Wildman–Crippen MR) is 84.7 cm³/mol. The average Bonchev–Trinajstić information content (AvgIpc) is 2.36. The van der Waals surface area contributed by atoms with Gasteiger partial charge < -0.3 is 15.8 Å². The van der Waals surface area contributed by atoms with E-state index in [-0.39, 0.29) is 6.10 Å². The molecule has 0 aliphatic rings. The number of aromatic nitrogens is 2. The number of nitrogens with one attached hydrogen (secondary N) is 1. The molecule has 0 saturated carbocycles. The van der Waals surface area contributed by atoms with Crippen LogP contribution in [0.1, 0.15) is 13.8 Å². The number of halogens is 1. The lowest BCUT2D eigenvalue weighted by Crippen LogP contribution is -2.10. The summed E-state index contributed by atoms with van der Waals surface area (Å²) in [5.41, 5.74) is 7.33. The molecule has 0 unspecified atom stereocenters. The Kier molecular flexibility index (Phi) is 4.41. The molecule has 1 aromatic heterocycles. The van der Waals surface area contributed by atoms with Gasteiger partial charge in [0.2, 0.25) is 5.88 Å². The first kappa shape index (κ1) is 13.9. The molecule has 0 fully saturated rings. The summed E-state index contributed by atoms with van der Waals surface area (Å²) in [6.07, 6.45) is 1.45. The van der Waals surface area contributed by atoms with Gasteiger partial charge in [-0.15, -0.1) is 0 Å². The molecule has 0 aliphatic carbocycles. The van der Waals surface area contributed by atoms with Crippen molar-refractivity contribution in [1.82, 2.24) is 9.97 Å². The number of nitrogens with two attached hydrogens (primary N) is 1. The van der Waals surface area contributed by atoms with Gasteiger partial charge in [-0.3, -0.25) is 0 Å². The third-order valence-electron chi connectivity index (χ3n) is 2.30. The lowest BCUT2D eigenvalue weighted by molar-refractivity contribution is 0.234. The van der Waals surface area contributed by atoms with Crippen molar-refractivity contribution in [3.05, 3.63) is 34.2 Å². The lowest BCUT2D eigenvalue weighted by atomic mass is 10.3. The largest absolute Gasteiger partial charge is 0.473 e. The first-order valence-corrected chi connectivity index (χ1v) is 6.94. The Bertz CT molecular complexity index is 557. The SMILES string of the molecule is CC(C)Oc1ncnc(Nc2ccc(I)cc2)c1N. The topological polar surface area (TPSA) is 73.1 Å². The van der Waals surface area contributed by atoms with Crippen LogP contribution in [0.15, 0.2) is 30.6 Å². The van der Waals surface area contributed by atoms with Crippen LogP contribution >= 0.6 is 22.6 Å². The fourth-order valence-corrected chi connectivity index (χ4v) is 1.83. The van der Waals surface area contributed by atoms with Gasteiger partial charge in [-0.1, -0.05) is 0 Å². The number of nitrogens with zero attached hydrogens (tertiary/aromatic N) is 2. The number of nitrogen functional groups attached to an aromatic ring is 1. The van der Waals surface area contributed by atoms with Gasteiger partial charge in [0, 0.05) is 9.26 Å². The zero-order valence-corrected chi connectivity index (χ0v) is 12.9. The second-order valence-corrected chi connectivity index (χ2v) is 5.49. The minimum atomic E-state index is 0.0170. The Balaban J connectivity index is 2.23. The summed E-state index contributed by atoms with van der Waals surface area (Å²) in [6.45, 7) is 3.85. The molecule has 0 saturated heterocycles. The summed E-state index contributed by atoms with van der Waals surface area (Å²) >= 11 is 2.25. The van der Waals surface area contributed by atoms with Gasteiger partial charge in [0.15, 0.2) is 5.82 Å². The normalized spacial score (nSPS) is 10.5. The smallest absolute Gasteiger partial charge is 0.242 e. The maximum atomic E-state index is 6.00. The van der Waals surface area contributed by atoms with Crippen molar-refractivity contribution >= 4 is 39.8 Å². The van der Waals surface area contributed by atoms with E-state index in [1.165, 1.54) is 9.90 Å². The van der Waals surface area contributed by atoms with Crippen molar-refractivity contribution < 1.29 is 4.74 Å². The first-order chi connectivity index (χ1) is 9.06. The van der Waals surface area contributed by atoms with Crippen molar-refractivity contribution in [3.8, 4) is 5.88 Å². The maximum Gasteiger partial charge on any atom is 0.242 e. The summed E-state index contributed by atoms with van der Waals surface area (Å²) in [6, 6.07) is 7.94. The molecule has 3 N–H and O–H groups in total. The molecule has 0 atom stereocenters. The highest BCUT2D eigenvalue weighted by Crippen LogP contribution is 2.28. The van der Waals surface area contributed by atoms with Gasteiger partial charge in [-0.05, 0) is 60.7 Å². The fraction of sp³-hybridized carbons (Fsp3) is 0.231. The third-order valence-corrected chi connectivity index (χ3v) is 3.02. The molecule has 1 heterocycles. The highest BCUT2D eigenvalue weighted by atomic mass is 127. The molecule has 19 heavy (non-hydrogen) atoms. The lowest BCUT2D eigenvalue weighted by Gasteiger charge is -2.13. The van der Waals surface area contributed by atoms with E-state index in [0.717, 1.165) is 5.69 Å². The van der Waals surface area contributed by atoms with Crippen molar-refractivity contribution in [1.29, 1.82) is 0 Å². The van der Waals surface area contributed by atoms with Crippen LogP contribution in [0.4, 0.5) is 17.2 Å². The van der Waals surface area contributed by atoms with E-state index in [1.54, 1.807) is 0 Å². The molecule has 0 aliphatic heterocycles. The van der Waals surface area contributed by atoms with Crippen LogP contribution < -0.4 is 15.8 Å². The number of rotatable bonds is 4. The van der Waals surface area contributed by atoms with Crippen LogP contribution in [0.2, 0.25) is 0 Å². The quantitative estimate of drug-likeness (QED) is 0.809. The van der Waals surface area contributed by atoms with Crippen LogP contribution in [-0.4, -0.2) is 16.1 Å². The van der Waals surface area contributed by atoms with Crippen molar-refractivity contribution in [3.63, 3.8) is 0 Å². The molecule has 2 rings (SSSR count). The molecule has 6 heteroatoms. The average molecular weight is 370 g/mol. The monoisotopic (exact) mass is 370 g/mol. The minimum absolute atomic E-state index is 0.0170. The highest BCUT2D eigenvalue weighted by molar-refractivity contribution is 14.1. The molecule has 0 radical (unpaired) electrons. The van der Waals surface area contributed by atoms with E-state index in [0.29, 0.717) is 17.4 Å². The van der Waals surface area contributed by atoms with Gasteiger partial charge in [-0.2, -0.15) is 4.98 Å². The molecule has 0 bridgehead atoms. The van der Waals surface area contributed by atoms with Crippen molar-refractivity contribution in [2.75, 3.05) is 11.1 Å². The first-order valence-electron chi connectivity index (χ1n) is 5.86. The number of ether oxygens (including phenoxy) is 1.